The fraction of sp³-hybridized carbons (Fsp3) is 0.182. The van der Waals surface area contributed by atoms with Gasteiger partial charge in [-0.3, -0.25) is 0 Å². The SMILES string of the molecule is Cc1ccc2oc(C(=O)O)c(S(C)(=O)=O)c2c1. The number of carboxylic acids is 1. The number of aryl methyl sites for hydroxylation is 1. The molecule has 0 spiro atoms. The van der Waals surface area contributed by atoms with E-state index < -0.39 is 21.6 Å². The molecule has 0 aliphatic carbocycles. The van der Waals surface area contributed by atoms with Crippen LogP contribution in [0.15, 0.2) is 27.5 Å². The predicted molar refractivity (Wildman–Crippen MR) is 61.0 cm³/mol. The zero-order valence-corrected chi connectivity index (χ0v) is 10.0. The van der Waals surface area contributed by atoms with E-state index in [0.717, 1.165) is 11.8 Å². The number of fused-ring (bicyclic) bond motifs is 1. The summed E-state index contributed by atoms with van der Waals surface area (Å²) in [5.41, 5.74) is 1.09. The van der Waals surface area contributed by atoms with Gasteiger partial charge in [0.15, 0.2) is 9.84 Å². The Kier molecular flexibility index (Phi) is 2.46. The van der Waals surface area contributed by atoms with Gasteiger partial charge < -0.3 is 9.52 Å². The third-order valence-corrected chi connectivity index (χ3v) is 3.51. The van der Waals surface area contributed by atoms with Crippen LogP contribution in [-0.4, -0.2) is 25.7 Å². The molecule has 2 rings (SSSR count). The predicted octanol–water partition coefficient (Wildman–Crippen LogP) is 1.84. The van der Waals surface area contributed by atoms with E-state index in [0.29, 0.717) is 5.39 Å². The lowest BCUT2D eigenvalue weighted by molar-refractivity contribution is 0.0659. The summed E-state index contributed by atoms with van der Waals surface area (Å²) in [7, 11) is -3.65. The normalized spacial score (nSPS) is 11.9. The van der Waals surface area contributed by atoms with Crippen molar-refractivity contribution in [1.29, 1.82) is 0 Å². The number of sulfone groups is 1. The number of benzene rings is 1. The number of hydrogen-bond donors (Lipinski definition) is 1. The summed E-state index contributed by atoms with van der Waals surface area (Å²) in [6, 6.07) is 4.89. The molecule has 5 nitrogen and oxygen atoms in total. The van der Waals surface area contributed by atoms with Crippen molar-refractivity contribution in [3.8, 4) is 0 Å². The molecule has 6 heteroatoms. The molecule has 0 amide bonds. The summed E-state index contributed by atoms with van der Waals surface area (Å²) in [5, 5.41) is 9.25. The standard InChI is InChI=1S/C11H10O5S/c1-6-3-4-8-7(5-6)10(17(2,14)15)9(16-8)11(12)13/h3-5H,1-2H3,(H,12,13). The molecule has 17 heavy (non-hydrogen) atoms. The van der Waals surface area contributed by atoms with Crippen molar-refractivity contribution < 1.29 is 22.7 Å². The molecule has 1 aromatic heterocycles. The first-order valence-electron chi connectivity index (χ1n) is 4.77. The Hall–Kier alpha value is -1.82. The van der Waals surface area contributed by atoms with Crippen LogP contribution in [0, 0.1) is 6.92 Å². The average Bonchev–Trinajstić information content (AvgIpc) is 2.55. The Morgan fingerprint density at radius 1 is 1.35 bits per heavy atom. The van der Waals surface area contributed by atoms with E-state index in [1.54, 1.807) is 25.1 Å². The zero-order chi connectivity index (χ0) is 12.8. The Labute approximate surface area is 97.6 Å². The van der Waals surface area contributed by atoms with E-state index in [2.05, 4.69) is 0 Å². The van der Waals surface area contributed by atoms with E-state index in [1.165, 1.54) is 0 Å². The van der Waals surface area contributed by atoms with Gasteiger partial charge in [0.05, 0.1) is 0 Å². The van der Waals surface area contributed by atoms with Gasteiger partial charge in [-0.05, 0) is 19.1 Å². The van der Waals surface area contributed by atoms with E-state index in [-0.39, 0.29) is 10.5 Å². The summed E-state index contributed by atoms with van der Waals surface area (Å²) in [6.07, 6.45) is 0.964. The van der Waals surface area contributed by atoms with Crippen molar-refractivity contribution in [3.05, 3.63) is 29.5 Å². The minimum absolute atomic E-state index is 0.258. The number of carbonyl (C=O) groups is 1. The van der Waals surface area contributed by atoms with E-state index in [4.69, 9.17) is 9.52 Å². The van der Waals surface area contributed by atoms with Crippen LogP contribution in [0.3, 0.4) is 0 Å². The van der Waals surface area contributed by atoms with Crippen molar-refractivity contribution in [2.24, 2.45) is 0 Å². The molecule has 0 atom stereocenters. The lowest BCUT2D eigenvalue weighted by atomic mass is 10.2. The molecule has 1 N–H and O–H groups in total. The van der Waals surface area contributed by atoms with Gasteiger partial charge in [-0.1, -0.05) is 11.6 Å². The first-order chi connectivity index (χ1) is 7.80. The maximum Gasteiger partial charge on any atom is 0.373 e. The molecular weight excluding hydrogens is 244 g/mol. The molecule has 1 heterocycles. The number of aromatic carboxylic acids is 1. The fourth-order valence-electron chi connectivity index (χ4n) is 1.70. The Balaban J connectivity index is 2.98. The van der Waals surface area contributed by atoms with Crippen molar-refractivity contribution in [1.82, 2.24) is 0 Å². The molecule has 0 aliphatic heterocycles. The summed E-state index contributed by atoms with van der Waals surface area (Å²) in [6.45, 7) is 1.79. The summed E-state index contributed by atoms with van der Waals surface area (Å²) >= 11 is 0. The molecule has 2 aromatic rings. The lowest BCUT2D eigenvalue weighted by Crippen LogP contribution is -2.04. The molecule has 0 saturated heterocycles. The number of rotatable bonds is 2. The van der Waals surface area contributed by atoms with Crippen molar-refractivity contribution >= 4 is 26.8 Å². The minimum atomic E-state index is -3.65. The fourth-order valence-corrected chi connectivity index (χ4v) is 2.72. The van der Waals surface area contributed by atoms with Gasteiger partial charge in [0.1, 0.15) is 10.5 Å². The molecule has 1 aromatic carbocycles. The third kappa shape index (κ3) is 1.91. The first kappa shape index (κ1) is 11.7. The van der Waals surface area contributed by atoms with Crippen molar-refractivity contribution in [2.75, 3.05) is 6.26 Å². The summed E-state index contributed by atoms with van der Waals surface area (Å²) < 4.78 is 28.3. The second-order valence-electron chi connectivity index (χ2n) is 3.84. The van der Waals surface area contributed by atoms with Crippen LogP contribution in [0.2, 0.25) is 0 Å². The molecule has 0 radical (unpaired) electrons. The second-order valence-corrected chi connectivity index (χ2v) is 5.79. The third-order valence-electron chi connectivity index (χ3n) is 2.36. The van der Waals surface area contributed by atoms with E-state index in [9.17, 15) is 13.2 Å². The molecule has 0 fully saturated rings. The summed E-state index contributed by atoms with van der Waals surface area (Å²) in [4.78, 5) is 10.7. The number of hydrogen-bond acceptors (Lipinski definition) is 4. The molecule has 0 saturated carbocycles. The number of furan rings is 1. The molecular formula is C11H10O5S. The van der Waals surface area contributed by atoms with Gasteiger partial charge in [-0.15, -0.1) is 0 Å². The van der Waals surface area contributed by atoms with Crippen LogP contribution in [0.5, 0.6) is 0 Å². The van der Waals surface area contributed by atoms with Gasteiger partial charge in [-0.2, -0.15) is 0 Å². The van der Waals surface area contributed by atoms with Gasteiger partial charge in [0.25, 0.3) is 0 Å². The second kappa shape index (κ2) is 3.59. The monoisotopic (exact) mass is 254 g/mol. The van der Waals surface area contributed by atoms with Gasteiger partial charge in [0.2, 0.25) is 5.76 Å². The highest BCUT2D eigenvalue weighted by molar-refractivity contribution is 7.91. The van der Waals surface area contributed by atoms with Crippen LogP contribution in [-0.2, 0) is 9.84 Å². The van der Waals surface area contributed by atoms with Crippen LogP contribution in [0.4, 0.5) is 0 Å². The van der Waals surface area contributed by atoms with Crippen molar-refractivity contribution in [3.63, 3.8) is 0 Å². The minimum Gasteiger partial charge on any atom is -0.475 e. The maximum atomic E-state index is 11.6. The Morgan fingerprint density at radius 3 is 2.53 bits per heavy atom. The quantitative estimate of drug-likeness (QED) is 0.883. The summed E-state index contributed by atoms with van der Waals surface area (Å²) in [5.74, 6) is -1.92. The van der Waals surface area contributed by atoms with Crippen LogP contribution < -0.4 is 0 Å². The molecule has 0 bridgehead atoms. The topological polar surface area (TPSA) is 84.6 Å². The van der Waals surface area contributed by atoms with E-state index in [1.807, 2.05) is 0 Å². The maximum absolute atomic E-state index is 11.6. The van der Waals surface area contributed by atoms with Gasteiger partial charge >= 0.3 is 5.97 Å². The van der Waals surface area contributed by atoms with Gasteiger partial charge in [-0.25, -0.2) is 13.2 Å². The number of carboxylic acid groups (broad SMARTS) is 1. The molecule has 0 unspecified atom stereocenters. The first-order valence-corrected chi connectivity index (χ1v) is 6.66. The zero-order valence-electron chi connectivity index (χ0n) is 9.22. The Morgan fingerprint density at radius 2 is 2.00 bits per heavy atom. The van der Waals surface area contributed by atoms with Crippen LogP contribution in [0.25, 0.3) is 11.0 Å². The van der Waals surface area contributed by atoms with E-state index >= 15 is 0 Å². The van der Waals surface area contributed by atoms with Crippen molar-refractivity contribution in [2.45, 2.75) is 11.8 Å². The molecule has 0 aliphatic rings. The Bertz CT molecular complexity index is 709. The smallest absolute Gasteiger partial charge is 0.373 e. The largest absolute Gasteiger partial charge is 0.475 e. The average molecular weight is 254 g/mol. The van der Waals surface area contributed by atoms with Gasteiger partial charge in [0, 0.05) is 11.6 Å². The van der Waals surface area contributed by atoms with Crippen LogP contribution in [0.1, 0.15) is 16.1 Å². The lowest BCUT2D eigenvalue weighted by Gasteiger charge is -1.96. The highest BCUT2D eigenvalue weighted by Gasteiger charge is 2.26. The molecule has 90 valence electrons. The van der Waals surface area contributed by atoms with Crippen LogP contribution >= 0.6 is 0 Å². The highest BCUT2D eigenvalue weighted by atomic mass is 32.2. The highest BCUT2D eigenvalue weighted by Crippen LogP contribution is 2.30.